The van der Waals surface area contributed by atoms with E-state index in [0.29, 0.717) is 25.7 Å². The highest BCUT2D eigenvalue weighted by Gasteiger charge is 2.30. The lowest BCUT2D eigenvalue weighted by Gasteiger charge is -2.21. The fraction of sp³-hybridized carbons (Fsp3) is 0.938. The molecule has 0 saturated carbocycles. The van der Waals surface area contributed by atoms with Crippen LogP contribution in [-0.2, 0) is 65.4 Å². The van der Waals surface area contributed by atoms with Crippen LogP contribution in [0.25, 0.3) is 0 Å². The topological polar surface area (TPSA) is 237 Å². The second kappa shape index (κ2) is 56.6. The zero-order valence-corrected chi connectivity index (χ0v) is 55.3. The number of aliphatic hydroxyl groups excluding tert-OH is 1. The Labute approximate surface area is 505 Å². The molecule has 17 nitrogen and oxygen atoms in total. The molecule has 0 saturated heterocycles. The van der Waals surface area contributed by atoms with E-state index in [1.807, 2.05) is 0 Å². The minimum atomic E-state index is -4.94. The molecule has 0 radical (unpaired) electrons. The van der Waals surface area contributed by atoms with Crippen LogP contribution in [0.4, 0.5) is 0 Å². The van der Waals surface area contributed by atoms with Crippen molar-refractivity contribution in [1.82, 2.24) is 0 Å². The van der Waals surface area contributed by atoms with Gasteiger partial charge in [-0.05, 0) is 37.5 Å². The lowest BCUT2D eigenvalue weighted by molar-refractivity contribution is -0.161. The summed E-state index contributed by atoms with van der Waals surface area (Å²) in [5.41, 5.74) is 0. The molecule has 0 aliphatic carbocycles. The maximum Gasteiger partial charge on any atom is 0.472 e. The van der Waals surface area contributed by atoms with Crippen molar-refractivity contribution in [2.75, 3.05) is 39.6 Å². The Kier molecular flexibility index (Phi) is 55.2. The number of carbonyl (C=O) groups is 4. The molecule has 0 amide bonds. The summed E-state index contributed by atoms with van der Waals surface area (Å²) >= 11 is 0. The molecular formula is C64H124O17P2. The lowest BCUT2D eigenvalue weighted by atomic mass is 10.0. The van der Waals surface area contributed by atoms with Gasteiger partial charge in [0.15, 0.2) is 12.2 Å². The first kappa shape index (κ1) is 81.1. The third-order valence-electron chi connectivity index (χ3n) is 14.7. The molecule has 0 rings (SSSR count). The van der Waals surface area contributed by atoms with E-state index in [2.05, 4.69) is 41.5 Å². The standard InChI is InChI=1S/C64H124O17P2/c1-7-9-11-13-27-36-42-48-63(68)80-59(52-74-61(66)46-40-32-12-10-8-2)54-78-82(70,71)76-50-58(65)51-77-83(72,73)79-55-60(53-75-62(67)47-41-35-30-26-22-24-29-34-39-45-57(5)6)81-64(69)49-43-37-31-25-21-19-17-15-14-16-18-20-23-28-33-38-44-56(3)4/h56-60,65H,7-55H2,1-6H3,(H,70,71)(H,72,73)/t58-,59+,60+/m0/s1. The molecule has 19 heteroatoms. The number of hydrogen-bond acceptors (Lipinski definition) is 15. The molecule has 0 spiro atoms. The van der Waals surface area contributed by atoms with Gasteiger partial charge in [-0.1, -0.05) is 266 Å². The summed E-state index contributed by atoms with van der Waals surface area (Å²) in [7, 11) is -9.87. The Balaban J connectivity index is 5.11. The van der Waals surface area contributed by atoms with Crippen LogP contribution in [0.3, 0.4) is 0 Å². The molecular weight excluding hydrogens is 1100 g/mol. The lowest BCUT2D eigenvalue weighted by Crippen LogP contribution is -2.30. The van der Waals surface area contributed by atoms with Crippen molar-refractivity contribution in [2.45, 2.75) is 336 Å². The summed E-state index contributed by atoms with van der Waals surface area (Å²) in [6.45, 7) is 9.38. The van der Waals surface area contributed by atoms with E-state index in [1.54, 1.807) is 0 Å². The third kappa shape index (κ3) is 58.8. The molecule has 492 valence electrons. The number of unbranched alkanes of at least 4 members (excludes halogenated alkanes) is 33. The molecule has 0 aromatic rings. The van der Waals surface area contributed by atoms with Crippen LogP contribution in [0.2, 0.25) is 0 Å². The number of hydrogen-bond donors (Lipinski definition) is 3. The third-order valence-corrected chi connectivity index (χ3v) is 16.6. The highest BCUT2D eigenvalue weighted by atomic mass is 31.2. The van der Waals surface area contributed by atoms with Crippen molar-refractivity contribution >= 4 is 39.5 Å². The molecule has 2 unspecified atom stereocenters. The molecule has 3 N–H and O–H groups in total. The van der Waals surface area contributed by atoms with Crippen LogP contribution in [-0.4, -0.2) is 96.7 Å². The van der Waals surface area contributed by atoms with Gasteiger partial charge in [-0.25, -0.2) is 9.13 Å². The van der Waals surface area contributed by atoms with Crippen molar-refractivity contribution in [1.29, 1.82) is 0 Å². The minimum absolute atomic E-state index is 0.103. The van der Waals surface area contributed by atoms with Crippen LogP contribution in [0, 0.1) is 11.8 Å². The van der Waals surface area contributed by atoms with Crippen LogP contribution >= 0.6 is 15.6 Å². The molecule has 0 bridgehead atoms. The summed E-state index contributed by atoms with van der Waals surface area (Å²) in [6, 6.07) is 0. The predicted octanol–water partition coefficient (Wildman–Crippen LogP) is 17.7. The summed E-state index contributed by atoms with van der Waals surface area (Å²) < 4.78 is 67.7. The Hall–Kier alpha value is -1.94. The number of esters is 4. The molecule has 0 aliphatic heterocycles. The van der Waals surface area contributed by atoms with Gasteiger partial charge < -0.3 is 33.8 Å². The second-order valence-corrected chi connectivity index (χ2v) is 27.0. The second-order valence-electron chi connectivity index (χ2n) is 24.1. The van der Waals surface area contributed by atoms with Crippen molar-refractivity contribution in [3.63, 3.8) is 0 Å². The van der Waals surface area contributed by atoms with Crippen LogP contribution in [0.1, 0.15) is 318 Å². The average Bonchev–Trinajstić information content (AvgIpc) is 3.44. The number of ether oxygens (including phenoxy) is 4. The maximum absolute atomic E-state index is 13.0. The van der Waals surface area contributed by atoms with Crippen LogP contribution < -0.4 is 0 Å². The highest BCUT2D eigenvalue weighted by molar-refractivity contribution is 7.47. The number of phosphoric ester groups is 2. The van der Waals surface area contributed by atoms with E-state index in [0.717, 1.165) is 121 Å². The van der Waals surface area contributed by atoms with E-state index >= 15 is 0 Å². The van der Waals surface area contributed by atoms with Gasteiger partial charge in [0.1, 0.15) is 19.3 Å². The Morgan fingerprint density at radius 1 is 0.325 bits per heavy atom. The predicted molar refractivity (Wildman–Crippen MR) is 331 cm³/mol. The number of aliphatic hydroxyl groups is 1. The summed E-state index contributed by atoms with van der Waals surface area (Å²) in [4.78, 5) is 71.8. The first-order valence-corrected chi connectivity index (χ1v) is 36.5. The fourth-order valence-corrected chi connectivity index (χ4v) is 11.1. The SMILES string of the molecule is CCCCCCCCCC(=O)O[C@H](COC(=O)CCCCCCC)COP(=O)(O)OC[C@H](O)COP(=O)(O)OC[C@@H](COC(=O)CCCCCCCCCCCC(C)C)OC(=O)CCCCCCCCCCCCCCCCCCC(C)C. The van der Waals surface area contributed by atoms with Crippen LogP contribution in [0.5, 0.6) is 0 Å². The Bertz CT molecular complexity index is 1630. The van der Waals surface area contributed by atoms with Crippen molar-refractivity contribution in [3.05, 3.63) is 0 Å². The van der Waals surface area contributed by atoms with E-state index in [4.69, 9.17) is 37.0 Å². The van der Waals surface area contributed by atoms with Gasteiger partial charge in [-0.2, -0.15) is 0 Å². The molecule has 0 aliphatic rings. The highest BCUT2D eigenvalue weighted by Crippen LogP contribution is 2.45. The van der Waals surface area contributed by atoms with Gasteiger partial charge in [-0.15, -0.1) is 0 Å². The van der Waals surface area contributed by atoms with E-state index in [1.165, 1.54) is 116 Å². The smallest absolute Gasteiger partial charge is 0.462 e. The first-order valence-electron chi connectivity index (χ1n) is 33.5. The number of phosphoric acid groups is 2. The van der Waals surface area contributed by atoms with Crippen molar-refractivity contribution in [3.8, 4) is 0 Å². The van der Waals surface area contributed by atoms with Crippen molar-refractivity contribution < 1.29 is 80.2 Å². The quantitative estimate of drug-likeness (QED) is 0.0222. The number of rotatable bonds is 63. The normalized spacial score (nSPS) is 14.3. The van der Waals surface area contributed by atoms with Gasteiger partial charge >= 0.3 is 39.5 Å². The van der Waals surface area contributed by atoms with Gasteiger partial charge in [0.25, 0.3) is 0 Å². The largest absolute Gasteiger partial charge is 0.472 e. The molecule has 0 heterocycles. The zero-order chi connectivity index (χ0) is 61.5. The zero-order valence-electron chi connectivity index (χ0n) is 53.5. The van der Waals surface area contributed by atoms with Gasteiger partial charge in [0.2, 0.25) is 0 Å². The molecule has 0 aromatic heterocycles. The molecule has 5 atom stereocenters. The van der Waals surface area contributed by atoms with Gasteiger partial charge in [0.05, 0.1) is 26.4 Å². The van der Waals surface area contributed by atoms with E-state index in [-0.39, 0.29) is 25.7 Å². The number of carbonyl (C=O) groups excluding carboxylic acids is 4. The molecule has 83 heavy (non-hydrogen) atoms. The average molecular weight is 1230 g/mol. The Morgan fingerprint density at radius 3 is 0.819 bits per heavy atom. The summed E-state index contributed by atoms with van der Waals surface area (Å²) in [5, 5.41) is 10.5. The van der Waals surface area contributed by atoms with E-state index in [9.17, 15) is 43.2 Å². The Morgan fingerprint density at radius 2 is 0.554 bits per heavy atom. The summed E-state index contributed by atoms with van der Waals surface area (Å²) in [5.74, 6) is -0.596. The maximum atomic E-state index is 13.0. The van der Waals surface area contributed by atoms with Gasteiger partial charge in [-0.3, -0.25) is 37.3 Å². The van der Waals surface area contributed by atoms with Gasteiger partial charge in [0, 0.05) is 25.7 Å². The summed E-state index contributed by atoms with van der Waals surface area (Å²) in [6.07, 6.45) is 39.6. The van der Waals surface area contributed by atoms with Crippen molar-refractivity contribution in [2.24, 2.45) is 11.8 Å². The minimum Gasteiger partial charge on any atom is -0.462 e. The molecule has 0 aromatic carbocycles. The van der Waals surface area contributed by atoms with Crippen LogP contribution in [0.15, 0.2) is 0 Å². The monoisotopic (exact) mass is 1230 g/mol. The molecule has 0 fully saturated rings. The first-order chi connectivity index (χ1) is 39.9. The van der Waals surface area contributed by atoms with E-state index < -0.39 is 97.5 Å². The fourth-order valence-electron chi connectivity index (χ4n) is 9.53.